The van der Waals surface area contributed by atoms with Crippen LogP contribution in [-0.2, 0) is 31.2 Å². The van der Waals surface area contributed by atoms with Gasteiger partial charge in [0.25, 0.3) is 0 Å². The van der Waals surface area contributed by atoms with Gasteiger partial charge in [-0.05, 0) is 94.9 Å². The SMILES string of the molecule is CCCCCC(C)(Sc1cc(C(C)(C)C)cc(C(C)(C)C)c1)C(=O)[O-].CCCCCC(C)(Sc1cc(C(C)(C)C)cc(C(C)(C)C)c1)C(=O)[O-].[Ca+2]. The molecule has 0 aliphatic carbocycles. The number of carbonyl (C=O) groups excluding carboxylic acids is 2. The van der Waals surface area contributed by atoms with Crippen molar-refractivity contribution in [1.82, 2.24) is 0 Å². The minimum atomic E-state index is -0.966. The van der Waals surface area contributed by atoms with E-state index in [4.69, 9.17) is 0 Å². The molecule has 0 aliphatic heterocycles. The third kappa shape index (κ3) is 16.7. The number of rotatable bonds is 14. The molecule has 0 spiro atoms. The van der Waals surface area contributed by atoms with E-state index in [-0.39, 0.29) is 59.4 Å². The number of thioether (sulfide) groups is 2. The summed E-state index contributed by atoms with van der Waals surface area (Å²) in [5, 5.41) is 23.7. The van der Waals surface area contributed by atoms with Crippen molar-refractivity contribution in [1.29, 1.82) is 0 Å². The molecule has 0 saturated carbocycles. The molecule has 2 atom stereocenters. The monoisotopic (exact) mass is 766 g/mol. The predicted molar refractivity (Wildman–Crippen MR) is 220 cm³/mol. The summed E-state index contributed by atoms with van der Waals surface area (Å²) in [7, 11) is 0. The summed E-state index contributed by atoms with van der Waals surface area (Å²) in [6.45, 7) is 34.2. The molecule has 2 aromatic rings. The van der Waals surface area contributed by atoms with Gasteiger partial charge in [0.2, 0.25) is 0 Å². The molecule has 0 aliphatic rings. The molecule has 0 heterocycles. The van der Waals surface area contributed by atoms with Crippen molar-refractivity contribution in [2.24, 2.45) is 0 Å². The topological polar surface area (TPSA) is 80.3 Å². The first-order chi connectivity index (χ1) is 22.6. The predicted octanol–water partition coefficient (Wildman–Crippen LogP) is 10.5. The zero-order chi connectivity index (χ0) is 38.9. The van der Waals surface area contributed by atoms with Gasteiger partial charge in [-0.15, -0.1) is 23.5 Å². The summed E-state index contributed by atoms with van der Waals surface area (Å²) in [5.41, 5.74) is 5.09. The molecular weight excluding hydrogens is 697 g/mol. The fraction of sp³-hybridized carbons (Fsp3) is 0.682. The molecular formula is C44H70CaO4S2. The van der Waals surface area contributed by atoms with E-state index in [1.807, 2.05) is 13.8 Å². The van der Waals surface area contributed by atoms with Crippen molar-refractivity contribution in [2.75, 3.05) is 0 Å². The number of hydrogen-bond acceptors (Lipinski definition) is 6. The average Bonchev–Trinajstić information content (AvgIpc) is 2.95. The molecule has 0 amide bonds. The maximum Gasteiger partial charge on any atom is 2.00 e. The summed E-state index contributed by atoms with van der Waals surface area (Å²) in [6.07, 6.45) is 7.38. The van der Waals surface area contributed by atoms with E-state index in [9.17, 15) is 19.8 Å². The largest absolute Gasteiger partial charge is 2.00 e. The second-order valence-electron chi connectivity index (χ2n) is 18.6. The fourth-order valence-electron chi connectivity index (χ4n) is 5.38. The minimum Gasteiger partial charge on any atom is -0.549 e. The summed E-state index contributed by atoms with van der Waals surface area (Å²) >= 11 is 2.90. The number of benzene rings is 2. The van der Waals surface area contributed by atoms with Crippen molar-refractivity contribution in [3.05, 3.63) is 58.7 Å². The number of carboxylic acids is 2. The number of unbranched alkanes of at least 4 members (excludes halogenated alkanes) is 4. The van der Waals surface area contributed by atoms with Crippen LogP contribution in [-0.4, -0.2) is 59.2 Å². The molecule has 2 unspecified atom stereocenters. The Hall–Kier alpha value is -0.660. The van der Waals surface area contributed by atoms with Crippen molar-refractivity contribution in [3.63, 3.8) is 0 Å². The van der Waals surface area contributed by atoms with E-state index < -0.39 is 21.4 Å². The molecule has 0 radical (unpaired) electrons. The Labute approximate surface area is 351 Å². The fourth-order valence-corrected chi connectivity index (χ4v) is 7.83. The van der Waals surface area contributed by atoms with Crippen LogP contribution in [0.2, 0.25) is 0 Å². The summed E-state index contributed by atoms with van der Waals surface area (Å²) in [5.74, 6) is -1.93. The summed E-state index contributed by atoms with van der Waals surface area (Å²) in [6, 6.07) is 13.1. The van der Waals surface area contributed by atoms with Crippen LogP contribution in [0.3, 0.4) is 0 Å². The minimum absolute atomic E-state index is 0. The van der Waals surface area contributed by atoms with Crippen molar-refractivity contribution in [2.45, 2.75) is 203 Å². The Balaban J connectivity index is 0.000000962. The van der Waals surface area contributed by atoms with E-state index in [0.29, 0.717) is 12.8 Å². The Morgan fingerprint density at radius 1 is 0.471 bits per heavy atom. The van der Waals surface area contributed by atoms with Gasteiger partial charge in [0.1, 0.15) is 0 Å². The first-order valence-electron chi connectivity index (χ1n) is 18.7. The molecule has 2 rings (SSSR count). The molecule has 284 valence electrons. The van der Waals surface area contributed by atoms with Crippen LogP contribution < -0.4 is 10.2 Å². The van der Waals surface area contributed by atoms with Gasteiger partial charge in [-0.1, -0.05) is 148 Å². The van der Waals surface area contributed by atoms with Crippen molar-refractivity contribution >= 4 is 73.2 Å². The summed E-state index contributed by atoms with van der Waals surface area (Å²) < 4.78 is -1.78. The number of carboxylic acid groups (broad SMARTS) is 2. The Morgan fingerprint density at radius 2 is 0.706 bits per heavy atom. The van der Waals surface area contributed by atoms with Crippen molar-refractivity contribution < 1.29 is 19.8 Å². The van der Waals surface area contributed by atoms with Gasteiger partial charge in [-0.2, -0.15) is 0 Å². The molecule has 51 heavy (non-hydrogen) atoms. The zero-order valence-electron chi connectivity index (χ0n) is 35.3. The second kappa shape index (κ2) is 20.3. The Bertz CT molecular complexity index is 1240. The van der Waals surface area contributed by atoms with Gasteiger partial charge >= 0.3 is 37.7 Å². The number of carbonyl (C=O) groups is 2. The van der Waals surface area contributed by atoms with Crippen LogP contribution in [0.15, 0.2) is 46.2 Å². The molecule has 0 aromatic heterocycles. The van der Waals surface area contributed by atoms with Crippen LogP contribution in [0.4, 0.5) is 0 Å². The van der Waals surface area contributed by atoms with E-state index in [1.165, 1.54) is 45.8 Å². The van der Waals surface area contributed by atoms with E-state index in [1.54, 1.807) is 0 Å². The number of hydrogen-bond donors (Lipinski definition) is 0. The van der Waals surface area contributed by atoms with Gasteiger partial charge in [-0.25, -0.2) is 0 Å². The zero-order valence-corrected chi connectivity index (χ0v) is 39.1. The molecule has 4 nitrogen and oxygen atoms in total. The van der Waals surface area contributed by atoms with Crippen LogP contribution >= 0.6 is 23.5 Å². The molecule has 0 saturated heterocycles. The van der Waals surface area contributed by atoms with Crippen LogP contribution in [0, 0.1) is 0 Å². The van der Waals surface area contributed by atoms with E-state index in [2.05, 4.69) is 133 Å². The Morgan fingerprint density at radius 3 is 0.882 bits per heavy atom. The normalized spacial score (nSPS) is 14.7. The third-order valence-corrected chi connectivity index (χ3v) is 11.9. The molecule has 7 heteroatoms. The first kappa shape index (κ1) is 50.3. The second-order valence-corrected chi connectivity index (χ2v) is 21.8. The van der Waals surface area contributed by atoms with Gasteiger partial charge in [0.05, 0.1) is 21.4 Å². The molecule has 0 N–H and O–H groups in total. The van der Waals surface area contributed by atoms with Crippen LogP contribution in [0.1, 0.15) is 184 Å². The van der Waals surface area contributed by atoms with Gasteiger partial charge in [0.15, 0.2) is 0 Å². The van der Waals surface area contributed by atoms with Gasteiger partial charge in [0, 0.05) is 9.79 Å². The summed E-state index contributed by atoms with van der Waals surface area (Å²) in [4.78, 5) is 25.8. The maximum absolute atomic E-state index is 11.9. The van der Waals surface area contributed by atoms with Gasteiger partial charge in [-0.3, -0.25) is 0 Å². The smallest absolute Gasteiger partial charge is 0.549 e. The van der Waals surface area contributed by atoms with E-state index >= 15 is 0 Å². The van der Waals surface area contributed by atoms with E-state index in [0.717, 1.165) is 48.3 Å². The maximum atomic E-state index is 11.9. The first-order valence-corrected chi connectivity index (χ1v) is 20.4. The quantitative estimate of drug-likeness (QED) is 0.108. The van der Waals surface area contributed by atoms with Crippen LogP contribution in [0.5, 0.6) is 0 Å². The van der Waals surface area contributed by atoms with Gasteiger partial charge < -0.3 is 19.8 Å². The standard InChI is InChI=1S/2C22H36O2S.Ca/c2*1-9-10-11-12-22(8,19(23)24)25-18-14-16(20(2,3)4)13-17(15-18)21(5,6)7;/h2*13-15H,9-12H2,1-8H3,(H,23,24);/q;;+2/p-2. The van der Waals surface area contributed by atoms with Crippen LogP contribution in [0.25, 0.3) is 0 Å². The molecule has 0 fully saturated rings. The van der Waals surface area contributed by atoms with Crippen molar-refractivity contribution in [3.8, 4) is 0 Å². The third-order valence-electron chi connectivity index (χ3n) is 9.34. The molecule has 0 bridgehead atoms. The Kier molecular flexibility index (Phi) is 20.0. The average molecular weight is 767 g/mol. The number of aliphatic carboxylic acids is 2. The molecule has 2 aromatic carbocycles.